The van der Waals surface area contributed by atoms with Crippen molar-refractivity contribution in [3.63, 3.8) is 0 Å². The molecule has 2 N–H and O–H groups in total. The maximum atomic E-state index is 13.1. The highest BCUT2D eigenvalue weighted by Crippen LogP contribution is 2.20. The minimum absolute atomic E-state index is 0.122. The molecule has 0 aliphatic rings. The Hall–Kier alpha value is -3.48. The summed E-state index contributed by atoms with van der Waals surface area (Å²) in [6.45, 7) is 5.45. The van der Waals surface area contributed by atoms with Gasteiger partial charge in [-0.15, -0.1) is 0 Å². The van der Waals surface area contributed by atoms with E-state index in [0.717, 1.165) is 22.5 Å². The molecule has 7 heteroatoms. The van der Waals surface area contributed by atoms with Crippen LogP contribution in [-0.4, -0.2) is 28.1 Å². The van der Waals surface area contributed by atoms with Crippen LogP contribution in [0.5, 0.6) is 0 Å². The Morgan fingerprint density at radius 1 is 1.10 bits per heavy atom. The Kier molecular flexibility index (Phi) is 6.07. The molecule has 1 aromatic heterocycles. The zero-order valence-corrected chi connectivity index (χ0v) is 16.6. The Morgan fingerprint density at radius 2 is 1.79 bits per heavy atom. The second-order valence-corrected chi connectivity index (χ2v) is 6.86. The molecule has 1 atom stereocenters. The number of halogens is 1. The maximum Gasteiger partial charge on any atom is 0.251 e. The molecule has 29 heavy (non-hydrogen) atoms. The van der Waals surface area contributed by atoms with E-state index in [1.165, 1.54) is 12.1 Å². The summed E-state index contributed by atoms with van der Waals surface area (Å²) in [5.41, 5.74) is 3.81. The number of aromatic nitrogens is 2. The molecule has 3 rings (SSSR count). The number of nitrogens with one attached hydrogen (secondary N) is 2. The third kappa shape index (κ3) is 4.68. The first-order valence-electron chi connectivity index (χ1n) is 9.30. The summed E-state index contributed by atoms with van der Waals surface area (Å²) < 4.78 is 14.8. The third-order valence-corrected chi connectivity index (χ3v) is 4.76. The first kappa shape index (κ1) is 20.3. The lowest BCUT2D eigenvalue weighted by Gasteiger charge is -2.15. The normalized spacial score (nSPS) is 11.7. The molecule has 0 aliphatic carbocycles. The van der Waals surface area contributed by atoms with Crippen molar-refractivity contribution in [1.29, 1.82) is 0 Å². The van der Waals surface area contributed by atoms with Crippen molar-refractivity contribution in [2.75, 3.05) is 6.54 Å². The molecule has 0 saturated heterocycles. The van der Waals surface area contributed by atoms with E-state index in [1.54, 1.807) is 35.1 Å². The van der Waals surface area contributed by atoms with Gasteiger partial charge in [-0.2, -0.15) is 5.10 Å². The van der Waals surface area contributed by atoms with E-state index in [2.05, 4.69) is 15.7 Å². The molecule has 6 nitrogen and oxygen atoms in total. The third-order valence-electron chi connectivity index (χ3n) is 4.76. The molecule has 2 aromatic carbocycles. The van der Waals surface area contributed by atoms with Gasteiger partial charge < -0.3 is 10.6 Å². The molecule has 2 amide bonds. The summed E-state index contributed by atoms with van der Waals surface area (Å²) in [5.74, 6) is -0.897. The van der Waals surface area contributed by atoms with Crippen molar-refractivity contribution >= 4 is 11.8 Å². The molecule has 150 valence electrons. The van der Waals surface area contributed by atoms with E-state index in [9.17, 15) is 14.0 Å². The highest BCUT2D eigenvalue weighted by molar-refractivity contribution is 5.97. The second-order valence-electron chi connectivity index (χ2n) is 6.86. The molecule has 0 aliphatic heterocycles. The number of carbonyl (C=O) groups excluding carboxylic acids is 2. The van der Waals surface area contributed by atoms with Crippen molar-refractivity contribution in [2.45, 2.75) is 26.8 Å². The summed E-state index contributed by atoms with van der Waals surface area (Å²) in [5, 5.41) is 9.85. The minimum atomic E-state index is -0.313. The smallest absolute Gasteiger partial charge is 0.251 e. The zero-order valence-electron chi connectivity index (χ0n) is 16.6. The van der Waals surface area contributed by atoms with Gasteiger partial charge in [-0.05, 0) is 56.7 Å². The first-order valence-corrected chi connectivity index (χ1v) is 9.30. The molecule has 0 saturated carbocycles. The van der Waals surface area contributed by atoms with Crippen LogP contribution in [0.3, 0.4) is 0 Å². The largest absolute Gasteiger partial charge is 0.348 e. The van der Waals surface area contributed by atoms with Gasteiger partial charge in [-0.1, -0.05) is 18.2 Å². The molecule has 1 heterocycles. The summed E-state index contributed by atoms with van der Waals surface area (Å²) >= 11 is 0. The minimum Gasteiger partial charge on any atom is -0.348 e. The molecular formula is C22H23FN4O2. The quantitative estimate of drug-likeness (QED) is 0.674. The van der Waals surface area contributed by atoms with Gasteiger partial charge in [0.2, 0.25) is 5.91 Å². The molecular weight excluding hydrogens is 371 g/mol. The average molecular weight is 394 g/mol. The predicted octanol–water partition coefficient (Wildman–Crippen LogP) is 3.24. The summed E-state index contributed by atoms with van der Waals surface area (Å²) in [7, 11) is 0. The number of carbonyl (C=O) groups is 2. The van der Waals surface area contributed by atoms with Gasteiger partial charge in [0.25, 0.3) is 5.91 Å². The van der Waals surface area contributed by atoms with Crippen LogP contribution >= 0.6 is 0 Å². The Labute approximate surface area is 168 Å². The van der Waals surface area contributed by atoms with E-state index in [1.807, 2.05) is 32.9 Å². The number of aryl methyl sites for hydroxylation is 1. The molecule has 0 fully saturated rings. The van der Waals surface area contributed by atoms with Gasteiger partial charge in [0.1, 0.15) is 5.82 Å². The van der Waals surface area contributed by atoms with Gasteiger partial charge in [0.15, 0.2) is 0 Å². The van der Waals surface area contributed by atoms with Gasteiger partial charge >= 0.3 is 0 Å². The maximum absolute atomic E-state index is 13.1. The van der Waals surface area contributed by atoms with Crippen molar-refractivity contribution in [1.82, 2.24) is 20.4 Å². The fraction of sp³-hybridized carbons (Fsp3) is 0.227. The van der Waals surface area contributed by atoms with Crippen LogP contribution in [-0.2, 0) is 4.79 Å². The lowest BCUT2D eigenvalue weighted by Crippen LogP contribution is -2.38. The van der Waals surface area contributed by atoms with Crippen LogP contribution < -0.4 is 10.6 Å². The zero-order chi connectivity index (χ0) is 21.0. The van der Waals surface area contributed by atoms with Crippen molar-refractivity contribution < 1.29 is 14.0 Å². The van der Waals surface area contributed by atoms with Crippen molar-refractivity contribution in [2.24, 2.45) is 0 Å². The fourth-order valence-electron chi connectivity index (χ4n) is 3.14. The van der Waals surface area contributed by atoms with Crippen LogP contribution in [0.15, 0.2) is 54.7 Å². The van der Waals surface area contributed by atoms with E-state index < -0.39 is 0 Å². The van der Waals surface area contributed by atoms with Gasteiger partial charge in [-0.25, -0.2) is 9.07 Å². The highest BCUT2D eigenvalue weighted by Gasteiger charge is 2.17. The Bertz CT molecular complexity index is 1030. The topological polar surface area (TPSA) is 76.0 Å². The van der Waals surface area contributed by atoms with Crippen LogP contribution in [0, 0.1) is 19.7 Å². The summed E-state index contributed by atoms with van der Waals surface area (Å²) in [4.78, 5) is 24.5. The van der Waals surface area contributed by atoms with Crippen LogP contribution in [0.25, 0.3) is 5.69 Å². The van der Waals surface area contributed by atoms with E-state index in [0.29, 0.717) is 5.56 Å². The number of benzene rings is 2. The number of hydrogen-bond acceptors (Lipinski definition) is 3. The monoisotopic (exact) mass is 394 g/mol. The standard InChI is InChI=1S/C22H23FN4O2/c1-14-6-4-5-7-19(14)22(29)24-13-21(28)26-15(2)20-12-25-27(16(20)3)18-10-8-17(23)9-11-18/h4-12,15H,13H2,1-3H3,(H,24,29)(H,26,28). The lowest BCUT2D eigenvalue weighted by atomic mass is 10.1. The molecule has 3 aromatic rings. The number of rotatable bonds is 6. The van der Waals surface area contributed by atoms with Crippen LogP contribution in [0.4, 0.5) is 4.39 Å². The lowest BCUT2D eigenvalue weighted by molar-refractivity contribution is -0.120. The highest BCUT2D eigenvalue weighted by atomic mass is 19.1. The number of hydrogen-bond donors (Lipinski definition) is 2. The molecule has 1 unspecified atom stereocenters. The van der Waals surface area contributed by atoms with E-state index in [4.69, 9.17) is 0 Å². The van der Waals surface area contributed by atoms with E-state index >= 15 is 0 Å². The van der Waals surface area contributed by atoms with Crippen molar-refractivity contribution in [3.8, 4) is 5.69 Å². The number of nitrogens with zero attached hydrogens (tertiary/aromatic N) is 2. The molecule has 0 bridgehead atoms. The summed E-state index contributed by atoms with van der Waals surface area (Å²) in [6.07, 6.45) is 1.68. The molecule has 0 spiro atoms. The Morgan fingerprint density at radius 3 is 2.48 bits per heavy atom. The molecule has 0 radical (unpaired) electrons. The van der Waals surface area contributed by atoms with Crippen molar-refractivity contribution in [3.05, 3.63) is 82.9 Å². The van der Waals surface area contributed by atoms with Gasteiger partial charge in [0.05, 0.1) is 24.5 Å². The van der Waals surface area contributed by atoms with Crippen LogP contribution in [0.1, 0.15) is 40.1 Å². The van der Waals surface area contributed by atoms with E-state index in [-0.39, 0.29) is 30.2 Å². The predicted molar refractivity (Wildman–Crippen MR) is 108 cm³/mol. The SMILES string of the molecule is Cc1ccccc1C(=O)NCC(=O)NC(C)c1cnn(-c2ccc(F)cc2)c1C. The average Bonchev–Trinajstić information content (AvgIpc) is 3.08. The second kappa shape index (κ2) is 8.68. The van der Waals surface area contributed by atoms with Gasteiger partial charge in [-0.3, -0.25) is 9.59 Å². The van der Waals surface area contributed by atoms with Crippen LogP contribution in [0.2, 0.25) is 0 Å². The first-order chi connectivity index (χ1) is 13.9. The summed E-state index contributed by atoms with van der Waals surface area (Å²) in [6, 6.07) is 12.9. The fourth-order valence-corrected chi connectivity index (χ4v) is 3.14. The van der Waals surface area contributed by atoms with Gasteiger partial charge in [0, 0.05) is 16.8 Å². The number of amides is 2. The Balaban J connectivity index is 1.61.